The van der Waals surface area contributed by atoms with Crippen LogP contribution in [0.15, 0.2) is 18.2 Å². The molecule has 0 amide bonds. The topological polar surface area (TPSA) is 92.9 Å². The van der Waals surface area contributed by atoms with E-state index < -0.39 is 5.97 Å². The number of hydrogen-bond donors (Lipinski definition) is 2. The first-order valence-corrected chi connectivity index (χ1v) is 9.76. The van der Waals surface area contributed by atoms with E-state index in [4.69, 9.17) is 28.3 Å². The van der Waals surface area contributed by atoms with Gasteiger partial charge in [0.2, 0.25) is 0 Å². The Hall–Kier alpha value is -2.38. The van der Waals surface area contributed by atoms with Gasteiger partial charge < -0.3 is 10.4 Å². The van der Waals surface area contributed by atoms with Crippen molar-refractivity contribution in [2.24, 2.45) is 7.05 Å². The first-order valence-electron chi connectivity index (χ1n) is 9.01. The van der Waals surface area contributed by atoms with Crippen molar-refractivity contribution in [3.8, 4) is 0 Å². The molecule has 3 rings (SSSR count). The third kappa shape index (κ3) is 4.54. The van der Waals surface area contributed by atoms with Crippen LogP contribution in [-0.2, 0) is 31.2 Å². The monoisotopic (exact) mass is 421 g/mol. The van der Waals surface area contributed by atoms with Crippen LogP contribution in [0.2, 0.25) is 10.0 Å². The molecule has 2 N–H and O–H groups in total. The third-order valence-electron chi connectivity index (χ3n) is 4.29. The molecule has 0 fully saturated rings. The lowest BCUT2D eigenvalue weighted by Crippen LogP contribution is -2.08. The minimum atomic E-state index is -0.881. The summed E-state index contributed by atoms with van der Waals surface area (Å²) in [5.74, 6) is 0.222. The van der Waals surface area contributed by atoms with E-state index in [1.807, 2.05) is 13.1 Å². The number of carboxylic acid groups (broad SMARTS) is 1. The summed E-state index contributed by atoms with van der Waals surface area (Å²) in [4.78, 5) is 20.1. The average molecular weight is 422 g/mol. The largest absolute Gasteiger partial charge is 0.481 e. The Morgan fingerprint density at radius 1 is 1.21 bits per heavy atom. The maximum absolute atomic E-state index is 11.0. The normalized spacial score (nSPS) is 11.1. The predicted molar refractivity (Wildman–Crippen MR) is 110 cm³/mol. The van der Waals surface area contributed by atoms with Crippen LogP contribution in [0.5, 0.6) is 0 Å². The van der Waals surface area contributed by atoms with E-state index in [1.54, 1.807) is 16.8 Å². The Labute approximate surface area is 172 Å². The number of carbonyl (C=O) groups is 1. The maximum atomic E-state index is 11.0. The zero-order chi connectivity index (χ0) is 20.3. The number of anilines is 1. The number of rotatable bonds is 8. The molecule has 2 heterocycles. The van der Waals surface area contributed by atoms with Crippen LogP contribution in [0.4, 0.5) is 5.82 Å². The second kappa shape index (κ2) is 8.75. The van der Waals surface area contributed by atoms with Crippen LogP contribution in [0.25, 0.3) is 11.0 Å². The van der Waals surface area contributed by atoms with Crippen LogP contribution in [0.1, 0.15) is 36.8 Å². The number of aliphatic carboxylic acids is 1. The van der Waals surface area contributed by atoms with Gasteiger partial charge in [-0.3, -0.25) is 9.48 Å². The summed E-state index contributed by atoms with van der Waals surface area (Å²) >= 11 is 12.1. The van der Waals surface area contributed by atoms with Gasteiger partial charge >= 0.3 is 5.97 Å². The number of aromatic nitrogens is 4. The smallest absolute Gasteiger partial charge is 0.303 e. The van der Waals surface area contributed by atoms with Gasteiger partial charge in [-0.25, -0.2) is 9.97 Å². The number of fused-ring (bicyclic) bond motifs is 1. The van der Waals surface area contributed by atoms with E-state index in [0.29, 0.717) is 28.2 Å². The zero-order valence-electron chi connectivity index (χ0n) is 15.7. The van der Waals surface area contributed by atoms with E-state index in [0.717, 1.165) is 35.1 Å². The van der Waals surface area contributed by atoms with Crippen molar-refractivity contribution in [1.82, 2.24) is 19.7 Å². The number of aryl methyl sites for hydroxylation is 3. The Morgan fingerprint density at radius 3 is 2.68 bits per heavy atom. The standard InChI is InChI=1S/C19H21Cl2N5O2/c1-3-4-14-17-18(26(2)25-14)19(24-15(23-17)7-8-16(27)28)22-10-11-5-6-12(20)13(21)9-11/h5-6,9H,3-4,7-8,10H2,1-2H3,(H,27,28)(H,22,23,24). The van der Waals surface area contributed by atoms with E-state index in [1.165, 1.54) is 0 Å². The fourth-order valence-corrected chi connectivity index (χ4v) is 3.30. The molecule has 148 valence electrons. The molecule has 1 aromatic carbocycles. The fraction of sp³-hybridized carbons (Fsp3) is 0.368. The minimum absolute atomic E-state index is 0.0267. The molecule has 0 saturated carbocycles. The van der Waals surface area contributed by atoms with Crippen molar-refractivity contribution in [3.63, 3.8) is 0 Å². The molecular formula is C19H21Cl2N5O2. The minimum Gasteiger partial charge on any atom is -0.481 e. The summed E-state index contributed by atoms with van der Waals surface area (Å²) in [6, 6.07) is 5.43. The Bertz CT molecular complexity index is 1020. The van der Waals surface area contributed by atoms with Crippen LogP contribution >= 0.6 is 23.2 Å². The Kier molecular flexibility index (Phi) is 6.36. The lowest BCUT2D eigenvalue weighted by Gasteiger charge is -2.10. The van der Waals surface area contributed by atoms with Crippen molar-refractivity contribution < 1.29 is 9.90 Å². The fourth-order valence-electron chi connectivity index (χ4n) is 2.98. The highest BCUT2D eigenvalue weighted by molar-refractivity contribution is 6.42. The molecule has 0 aliphatic heterocycles. The molecule has 0 bridgehead atoms. The molecule has 9 heteroatoms. The number of nitrogens with zero attached hydrogens (tertiary/aromatic N) is 4. The highest BCUT2D eigenvalue weighted by atomic mass is 35.5. The maximum Gasteiger partial charge on any atom is 0.303 e. The molecule has 0 radical (unpaired) electrons. The van der Waals surface area contributed by atoms with E-state index in [2.05, 4.69) is 27.3 Å². The molecule has 3 aromatic rings. The van der Waals surface area contributed by atoms with Gasteiger partial charge in [0.1, 0.15) is 16.9 Å². The number of benzene rings is 1. The van der Waals surface area contributed by atoms with Gasteiger partial charge in [0.15, 0.2) is 5.82 Å². The first kappa shape index (κ1) is 20.4. The zero-order valence-corrected chi connectivity index (χ0v) is 17.2. The molecule has 28 heavy (non-hydrogen) atoms. The van der Waals surface area contributed by atoms with Gasteiger partial charge in [0.05, 0.1) is 22.2 Å². The van der Waals surface area contributed by atoms with Gasteiger partial charge in [-0.2, -0.15) is 5.10 Å². The number of nitrogens with one attached hydrogen (secondary N) is 1. The highest BCUT2D eigenvalue weighted by Gasteiger charge is 2.17. The van der Waals surface area contributed by atoms with Crippen LogP contribution in [0, 0.1) is 0 Å². The van der Waals surface area contributed by atoms with E-state index in [9.17, 15) is 4.79 Å². The number of halogens is 2. The molecule has 7 nitrogen and oxygen atoms in total. The summed E-state index contributed by atoms with van der Waals surface area (Å²) in [5.41, 5.74) is 3.39. The van der Waals surface area contributed by atoms with Gasteiger partial charge in [-0.05, 0) is 24.1 Å². The van der Waals surface area contributed by atoms with Crippen LogP contribution in [0.3, 0.4) is 0 Å². The van der Waals surface area contributed by atoms with Gasteiger partial charge in [0.25, 0.3) is 0 Å². The lowest BCUT2D eigenvalue weighted by molar-refractivity contribution is -0.137. The highest BCUT2D eigenvalue weighted by Crippen LogP contribution is 2.26. The van der Waals surface area contributed by atoms with Crippen LogP contribution in [-0.4, -0.2) is 30.8 Å². The summed E-state index contributed by atoms with van der Waals surface area (Å²) in [7, 11) is 1.85. The summed E-state index contributed by atoms with van der Waals surface area (Å²) in [6.45, 7) is 2.56. The third-order valence-corrected chi connectivity index (χ3v) is 5.03. The predicted octanol–water partition coefficient (Wildman–Crippen LogP) is 4.25. The molecule has 0 aliphatic carbocycles. The SMILES string of the molecule is CCCc1nn(C)c2c(NCc3ccc(Cl)c(Cl)c3)nc(CCC(=O)O)nc12. The average Bonchev–Trinajstić information content (AvgIpc) is 2.97. The van der Waals surface area contributed by atoms with E-state index in [-0.39, 0.29) is 12.8 Å². The van der Waals surface area contributed by atoms with Crippen molar-refractivity contribution in [2.45, 2.75) is 39.2 Å². The Morgan fingerprint density at radius 2 is 2.00 bits per heavy atom. The number of carboxylic acids is 1. The summed E-state index contributed by atoms with van der Waals surface area (Å²) < 4.78 is 1.76. The first-order chi connectivity index (χ1) is 13.4. The molecular weight excluding hydrogens is 401 g/mol. The second-order valence-electron chi connectivity index (χ2n) is 6.50. The Balaban J connectivity index is 1.97. The van der Waals surface area contributed by atoms with Gasteiger partial charge in [0, 0.05) is 20.0 Å². The van der Waals surface area contributed by atoms with Gasteiger partial charge in [-0.15, -0.1) is 0 Å². The van der Waals surface area contributed by atoms with Crippen molar-refractivity contribution >= 4 is 46.0 Å². The van der Waals surface area contributed by atoms with Crippen molar-refractivity contribution in [2.75, 3.05) is 5.32 Å². The molecule has 0 spiro atoms. The van der Waals surface area contributed by atoms with Gasteiger partial charge in [-0.1, -0.05) is 42.6 Å². The van der Waals surface area contributed by atoms with Crippen molar-refractivity contribution in [1.29, 1.82) is 0 Å². The van der Waals surface area contributed by atoms with Crippen LogP contribution < -0.4 is 5.32 Å². The molecule has 0 saturated heterocycles. The van der Waals surface area contributed by atoms with Crippen molar-refractivity contribution in [3.05, 3.63) is 45.3 Å². The molecule has 0 unspecified atom stereocenters. The molecule has 0 aliphatic rings. The van der Waals surface area contributed by atoms with E-state index >= 15 is 0 Å². The number of hydrogen-bond acceptors (Lipinski definition) is 5. The lowest BCUT2D eigenvalue weighted by atomic mass is 10.2. The molecule has 2 aromatic heterocycles. The summed E-state index contributed by atoms with van der Waals surface area (Å²) in [6.07, 6.45) is 1.96. The molecule has 0 atom stereocenters. The second-order valence-corrected chi connectivity index (χ2v) is 7.32. The summed E-state index contributed by atoms with van der Waals surface area (Å²) in [5, 5.41) is 17.9. The quantitative estimate of drug-likeness (QED) is 0.564.